The third kappa shape index (κ3) is 3.48. The van der Waals surface area contributed by atoms with E-state index in [1.807, 2.05) is 0 Å². The second kappa shape index (κ2) is 5.67. The van der Waals surface area contributed by atoms with Crippen LogP contribution in [0, 0.1) is 15.5 Å². The predicted molar refractivity (Wildman–Crippen MR) is 78.8 cm³/mol. The summed E-state index contributed by atoms with van der Waals surface area (Å²) in [6, 6.07) is 1.21. The zero-order chi connectivity index (χ0) is 15.6. The van der Waals surface area contributed by atoms with Gasteiger partial charge >= 0.3 is 0 Å². The number of nitrogens with zero attached hydrogens (tertiary/aromatic N) is 3. The van der Waals surface area contributed by atoms with Gasteiger partial charge < -0.3 is 10.6 Å². The normalized spacial score (nSPS) is 18.1. The third-order valence-corrected chi connectivity index (χ3v) is 3.97. The second-order valence-corrected chi connectivity index (χ2v) is 6.19. The molecule has 114 valence electrons. The molecule has 0 bridgehead atoms. The molecule has 1 fully saturated rings. The Balaban J connectivity index is 2.23. The van der Waals surface area contributed by atoms with Crippen molar-refractivity contribution >= 4 is 17.4 Å². The fraction of sp³-hybridized carbons (Fsp3) is 0.571. The van der Waals surface area contributed by atoms with E-state index in [1.54, 1.807) is 4.90 Å². The van der Waals surface area contributed by atoms with Crippen molar-refractivity contribution in [3.8, 4) is 0 Å². The summed E-state index contributed by atoms with van der Waals surface area (Å²) in [7, 11) is 0. The van der Waals surface area contributed by atoms with Crippen molar-refractivity contribution < 1.29 is 9.72 Å². The van der Waals surface area contributed by atoms with E-state index in [-0.39, 0.29) is 28.4 Å². The number of nitrogen functional groups attached to an aromatic ring is 1. The van der Waals surface area contributed by atoms with Crippen LogP contribution in [0.1, 0.15) is 43.5 Å². The molecule has 2 rings (SSSR count). The minimum atomic E-state index is -0.575. The van der Waals surface area contributed by atoms with Gasteiger partial charge in [-0.15, -0.1) is 0 Å². The molecule has 0 unspecified atom stereocenters. The molecule has 1 aliphatic heterocycles. The van der Waals surface area contributed by atoms with Crippen molar-refractivity contribution in [3.63, 3.8) is 0 Å². The van der Waals surface area contributed by atoms with Crippen molar-refractivity contribution in [2.45, 2.75) is 33.1 Å². The first kappa shape index (κ1) is 15.2. The van der Waals surface area contributed by atoms with Crippen molar-refractivity contribution in [1.29, 1.82) is 0 Å². The highest BCUT2D eigenvalue weighted by Crippen LogP contribution is 2.30. The lowest BCUT2D eigenvalue weighted by Gasteiger charge is -2.23. The average molecular weight is 292 g/mol. The van der Waals surface area contributed by atoms with Gasteiger partial charge in [-0.05, 0) is 24.7 Å². The Hall–Kier alpha value is -2.18. The van der Waals surface area contributed by atoms with E-state index >= 15 is 0 Å². The maximum Gasteiger partial charge on any atom is 0.288 e. The zero-order valence-electron chi connectivity index (χ0n) is 12.3. The molecule has 0 aromatic carbocycles. The Kier molecular flexibility index (Phi) is 4.11. The number of amides is 1. The van der Waals surface area contributed by atoms with Crippen molar-refractivity contribution in [2.75, 3.05) is 18.8 Å². The van der Waals surface area contributed by atoms with Gasteiger partial charge in [-0.2, -0.15) is 0 Å². The largest absolute Gasteiger partial charge is 0.383 e. The minimum Gasteiger partial charge on any atom is -0.383 e. The number of hydrogen-bond donors (Lipinski definition) is 1. The van der Waals surface area contributed by atoms with Gasteiger partial charge in [-0.25, -0.2) is 4.98 Å². The number of anilines is 1. The van der Waals surface area contributed by atoms with E-state index in [9.17, 15) is 14.9 Å². The molecule has 0 saturated carbocycles. The number of pyridine rings is 1. The summed E-state index contributed by atoms with van der Waals surface area (Å²) in [6.07, 6.45) is 3.94. The molecule has 0 aliphatic carbocycles. The summed E-state index contributed by atoms with van der Waals surface area (Å²) in [5.74, 6) is -0.240. The zero-order valence-corrected chi connectivity index (χ0v) is 12.3. The minimum absolute atomic E-state index is 0.0362. The first-order chi connectivity index (χ1) is 9.80. The van der Waals surface area contributed by atoms with E-state index in [1.165, 1.54) is 6.07 Å². The lowest BCUT2D eigenvalue weighted by molar-refractivity contribution is -0.385. The standard InChI is InChI=1S/C14H20N4O3/c1-14(2)4-3-6-17(7-5-14)13(19)11-8-10(18(20)21)9-16-12(11)15/h8-9H,3-7H2,1-2H3,(H2,15,16). The summed E-state index contributed by atoms with van der Waals surface area (Å²) in [5.41, 5.74) is 5.81. The van der Waals surface area contributed by atoms with E-state index < -0.39 is 4.92 Å². The lowest BCUT2D eigenvalue weighted by Crippen LogP contribution is -2.33. The number of nitrogens with two attached hydrogens (primary N) is 1. The molecule has 0 radical (unpaired) electrons. The van der Waals surface area contributed by atoms with Crippen LogP contribution in [0.15, 0.2) is 12.3 Å². The van der Waals surface area contributed by atoms with Crippen molar-refractivity contribution in [1.82, 2.24) is 9.88 Å². The van der Waals surface area contributed by atoms with Gasteiger partial charge in [0.1, 0.15) is 12.0 Å². The average Bonchev–Trinajstić information content (AvgIpc) is 2.59. The molecule has 1 saturated heterocycles. The summed E-state index contributed by atoms with van der Waals surface area (Å²) in [6.45, 7) is 5.65. The van der Waals surface area contributed by atoms with Crippen LogP contribution >= 0.6 is 0 Å². The topological polar surface area (TPSA) is 102 Å². The van der Waals surface area contributed by atoms with Crippen LogP contribution in [0.3, 0.4) is 0 Å². The van der Waals surface area contributed by atoms with Crippen LogP contribution in [0.4, 0.5) is 11.5 Å². The van der Waals surface area contributed by atoms with Gasteiger partial charge in [0.05, 0.1) is 10.5 Å². The van der Waals surface area contributed by atoms with Crippen LogP contribution in [-0.2, 0) is 0 Å². The summed E-state index contributed by atoms with van der Waals surface area (Å²) < 4.78 is 0. The molecule has 7 nitrogen and oxygen atoms in total. The Morgan fingerprint density at radius 1 is 1.43 bits per heavy atom. The molecular weight excluding hydrogens is 272 g/mol. The summed E-state index contributed by atoms with van der Waals surface area (Å²) in [5, 5.41) is 10.8. The lowest BCUT2D eigenvalue weighted by atomic mass is 9.85. The van der Waals surface area contributed by atoms with Crippen LogP contribution in [-0.4, -0.2) is 33.8 Å². The maximum atomic E-state index is 12.5. The highest BCUT2D eigenvalue weighted by molar-refractivity contribution is 5.98. The van der Waals surface area contributed by atoms with Gasteiger partial charge in [-0.1, -0.05) is 13.8 Å². The molecular formula is C14H20N4O3. The smallest absolute Gasteiger partial charge is 0.288 e. The van der Waals surface area contributed by atoms with Crippen LogP contribution in [0.5, 0.6) is 0 Å². The first-order valence-electron chi connectivity index (χ1n) is 6.99. The van der Waals surface area contributed by atoms with E-state index in [0.717, 1.165) is 25.5 Å². The monoisotopic (exact) mass is 292 g/mol. The van der Waals surface area contributed by atoms with E-state index in [4.69, 9.17) is 5.73 Å². The second-order valence-electron chi connectivity index (χ2n) is 6.19. The van der Waals surface area contributed by atoms with Gasteiger partial charge in [-0.3, -0.25) is 14.9 Å². The van der Waals surface area contributed by atoms with Crippen LogP contribution in [0.2, 0.25) is 0 Å². The Morgan fingerprint density at radius 3 is 2.81 bits per heavy atom. The predicted octanol–water partition coefficient (Wildman–Crippen LogP) is 2.22. The van der Waals surface area contributed by atoms with Crippen molar-refractivity contribution in [2.24, 2.45) is 5.41 Å². The number of carbonyl (C=O) groups is 1. The Labute approximate surface area is 123 Å². The van der Waals surface area contributed by atoms with Crippen molar-refractivity contribution in [3.05, 3.63) is 27.9 Å². The van der Waals surface area contributed by atoms with Gasteiger partial charge in [0, 0.05) is 19.2 Å². The third-order valence-electron chi connectivity index (χ3n) is 3.97. The molecule has 1 aromatic heterocycles. The highest BCUT2D eigenvalue weighted by Gasteiger charge is 2.27. The summed E-state index contributed by atoms with van der Waals surface area (Å²) in [4.78, 5) is 28.2. The van der Waals surface area contributed by atoms with Gasteiger partial charge in [0.2, 0.25) is 0 Å². The number of aromatic nitrogens is 1. The maximum absolute atomic E-state index is 12.5. The van der Waals surface area contributed by atoms with Crippen LogP contribution in [0.25, 0.3) is 0 Å². The fourth-order valence-corrected chi connectivity index (χ4v) is 2.53. The number of carbonyl (C=O) groups excluding carboxylic acids is 1. The molecule has 2 heterocycles. The first-order valence-corrected chi connectivity index (χ1v) is 6.99. The molecule has 1 aromatic rings. The quantitative estimate of drug-likeness (QED) is 0.665. The molecule has 1 amide bonds. The molecule has 7 heteroatoms. The number of rotatable bonds is 2. The molecule has 21 heavy (non-hydrogen) atoms. The Morgan fingerprint density at radius 2 is 2.14 bits per heavy atom. The molecule has 0 spiro atoms. The number of likely N-dealkylation sites (tertiary alicyclic amines) is 1. The molecule has 1 aliphatic rings. The summed E-state index contributed by atoms with van der Waals surface area (Å²) >= 11 is 0. The van der Waals surface area contributed by atoms with E-state index in [2.05, 4.69) is 18.8 Å². The SMILES string of the molecule is CC1(C)CCCN(C(=O)c2cc([N+](=O)[O-])cnc2N)CC1. The molecule has 0 atom stereocenters. The van der Waals surface area contributed by atoms with Gasteiger partial charge in [0.25, 0.3) is 11.6 Å². The Bertz CT molecular complexity index is 571. The highest BCUT2D eigenvalue weighted by atomic mass is 16.6. The van der Waals surface area contributed by atoms with Crippen LogP contribution < -0.4 is 5.73 Å². The fourth-order valence-electron chi connectivity index (χ4n) is 2.53. The molecule has 2 N–H and O–H groups in total. The number of nitro groups is 1. The number of hydrogen-bond acceptors (Lipinski definition) is 5. The van der Waals surface area contributed by atoms with Gasteiger partial charge in [0.15, 0.2) is 0 Å². The van der Waals surface area contributed by atoms with E-state index in [0.29, 0.717) is 13.1 Å².